The molecule has 0 aromatic heterocycles. The van der Waals surface area contributed by atoms with Crippen LogP contribution in [0.15, 0.2) is 84.9 Å². The third-order valence-electron chi connectivity index (χ3n) is 8.86. The van der Waals surface area contributed by atoms with Crippen molar-refractivity contribution in [2.45, 2.75) is 36.6 Å². The van der Waals surface area contributed by atoms with E-state index < -0.39 is 22.8 Å². The molecule has 0 radical (unpaired) electrons. The Morgan fingerprint density at radius 3 is 1.14 bits per heavy atom. The number of ether oxygens (including phenoxy) is 4. The van der Waals surface area contributed by atoms with Gasteiger partial charge in [0.2, 0.25) is 0 Å². The summed E-state index contributed by atoms with van der Waals surface area (Å²) in [4.78, 5) is 0. The van der Waals surface area contributed by atoms with Crippen molar-refractivity contribution in [1.29, 1.82) is 0 Å². The summed E-state index contributed by atoms with van der Waals surface area (Å²) in [7, 11) is 0. The molecule has 2 N–H and O–H groups in total. The van der Waals surface area contributed by atoms with Crippen molar-refractivity contribution in [2.24, 2.45) is 0 Å². The first-order valence-electron chi connectivity index (χ1n) is 13.9. The summed E-state index contributed by atoms with van der Waals surface area (Å²) in [6.07, 6.45) is 0. The van der Waals surface area contributed by atoms with E-state index in [1.165, 1.54) is 0 Å². The van der Waals surface area contributed by atoms with Gasteiger partial charge in [0, 0.05) is 43.4 Å². The van der Waals surface area contributed by atoms with E-state index in [1.54, 1.807) is 36.4 Å². The molecule has 2 saturated heterocycles. The molecule has 42 heavy (non-hydrogen) atoms. The van der Waals surface area contributed by atoms with Gasteiger partial charge in [-0.3, -0.25) is 0 Å². The van der Waals surface area contributed by atoms with Gasteiger partial charge in [-0.05, 0) is 37.1 Å². The zero-order valence-electron chi connectivity index (χ0n) is 23.2. The van der Waals surface area contributed by atoms with E-state index >= 15 is 0 Å². The van der Waals surface area contributed by atoms with Crippen LogP contribution in [0.4, 0.5) is 0 Å². The molecular weight excluding hydrogens is 575 g/mol. The number of aliphatic hydroxyl groups is 2. The second kappa shape index (κ2) is 9.88. The van der Waals surface area contributed by atoms with Gasteiger partial charge in [-0.25, -0.2) is 0 Å². The summed E-state index contributed by atoms with van der Waals surface area (Å²) < 4.78 is 23.3. The molecule has 0 bridgehead atoms. The van der Waals surface area contributed by atoms with Crippen molar-refractivity contribution in [3.05, 3.63) is 139 Å². The van der Waals surface area contributed by atoms with Gasteiger partial charge in [-0.1, -0.05) is 96.0 Å². The van der Waals surface area contributed by atoms with E-state index in [0.717, 1.165) is 11.1 Å². The van der Waals surface area contributed by atoms with Gasteiger partial charge in [-0.15, -0.1) is 0 Å². The lowest BCUT2D eigenvalue weighted by molar-refractivity contribution is -0.150. The molecule has 7 rings (SSSR count). The van der Waals surface area contributed by atoms with Crippen LogP contribution in [0.25, 0.3) is 0 Å². The fraction of sp³-hybridized carbons (Fsp3) is 0.294. The highest BCUT2D eigenvalue weighted by molar-refractivity contribution is 6.32. The zero-order valence-corrected chi connectivity index (χ0v) is 24.7. The number of rotatable bonds is 4. The summed E-state index contributed by atoms with van der Waals surface area (Å²) in [5.41, 5.74) is 0.963. The molecule has 2 atom stereocenters. The Balaban J connectivity index is 1.43. The number of hydrogen-bond acceptors (Lipinski definition) is 6. The van der Waals surface area contributed by atoms with E-state index in [9.17, 15) is 10.2 Å². The number of halogens is 2. The van der Waals surface area contributed by atoms with Crippen LogP contribution in [0, 0.1) is 0 Å². The largest absolute Gasteiger partial charge is 0.376 e. The van der Waals surface area contributed by atoms with Crippen molar-refractivity contribution in [3.8, 4) is 0 Å². The monoisotopic (exact) mass is 604 g/mol. The molecule has 0 spiro atoms. The predicted octanol–water partition coefficient (Wildman–Crippen LogP) is 6.31. The molecular formula is C34H30Cl2O6. The van der Waals surface area contributed by atoms with Gasteiger partial charge < -0.3 is 29.2 Å². The van der Waals surface area contributed by atoms with Crippen molar-refractivity contribution in [1.82, 2.24) is 0 Å². The molecule has 4 aromatic rings. The minimum absolute atomic E-state index is 0.314. The Bertz CT molecular complexity index is 1530. The lowest BCUT2D eigenvalue weighted by atomic mass is 9.63. The first-order valence-corrected chi connectivity index (χ1v) is 14.7. The third kappa shape index (κ3) is 3.95. The second-order valence-corrected chi connectivity index (χ2v) is 12.0. The van der Waals surface area contributed by atoms with Gasteiger partial charge in [0.1, 0.15) is 11.2 Å². The van der Waals surface area contributed by atoms with Gasteiger partial charge in [-0.2, -0.15) is 0 Å². The fourth-order valence-corrected chi connectivity index (χ4v) is 7.27. The summed E-state index contributed by atoms with van der Waals surface area (Å²) in [6.45, 7) is 5.79. The van der Waals surface area contributed by atoms with E-state index in [0.29, 0.717) is 69.9 Å². The Morgan fingerprint density at radius 2 is 0.810 bits per heavy atom. The first kappa shape index (κ1) is 28.0. The normalized spacial score (nSPS) is 25.7. The molecule has 216 valence electrons. The van der Waals surface area contributed by atoms with Crippen molar-refractivity contribution in [2.75, 3.05) is 26.4 Å². The maximum atomic E-state index is 12.8. The topological polar surface area (TPSA) is 77.4 Å². The van der Waals surface area contributed by atoms with Crippen LogP contribution in [0.1, 0.15) is 58.4 Å². The van der Waals surface area contributed by atoms with Crippen molar-refractivity contribution >= 4 is 23.2 Å². The molecule has 3 aliphatic rings. The first-order chi connectivity index (χ1) is 20.1. The van der Waals surface area contributed by atoms with Gasteiger partial charge >= 0.3 is 0 Å². The average molecular weight is 606 g/mol. The molecule has 2 aliphatic heterocycles. The predicted molar refractivity (Wildman–Crippen MR) is 159 cm³/mol. The lowest BCUT2D eigenvalue weighted by Gasteiger charge is -2.46. The minimum Gasteiger partial charge on any atom is -0.376 e. The van der Waals surface area contributed by atoms with Crippen LogP contribution >= 0.6 is 23.2 Å². The Labute approximate surface area is 254 Å². The Hall–Kier alpha value is -2.78. The smallest absolute Gasteiger partial charge is 0.192 e. The second-order valence-electron chi connectivity index (χ2n) is 11.2. The highest BCUT2D eigenvalue weighted by Crippen LogP contribution is 2.56. The van der Waals surface area contributed by atoms with E-state index in [2.05, 4.69) is 0 Å². The summed E-state index contributed by atoms with van der Waals surface area (Å²) in [6, 6.07) is 25.4. The maximum Gasteiger partial charge on any atom is 0.192 e. The van der Waals surface area contributed by atoms with E-state index in [4.69, 9.17) is 42.1 Å². The van der Waals surface area contributed by atoms with E-state index in [-0.39, 0.29) is 0 Å². The average Bonchev–Trinajstić information content (AvgIpc) is 3.65. The van der Waals surface area contributed by atoms with Gasteiger partial charge in [0.15, 0.2) is 11.6 Å². The summed E-state index contributed by atoms with van der Waals surface area (Å²) >= 11 is 13.8. The summed E-state index contributed by atoms with van der Waals surface area (Å²) in [5.74, 6) is -1.72. The van der Waals surface area contributed by atoms with Crippen LogP contribution in [-0.2, 0) is 41.7 Å². The lowest BCUT2D eigenvalue weighted by Crippen LogP contribution is -2.44. The van der Waals surface area contributed by atoms with E-state index in [1.807, 2.05) is 62.4 Å². The molecule has 2 heterocycles. The minimum atomic E-state index is -1.73. The quantitative estimate of drug-likeness (QED) is 0.284. The molecule has 8 heteroatoms. The van der Waals surface area contributed by atoms with Crippen LogP contribution in [0.2, 0.25) is 10.0 Å². The maximum absolute atomic E-state index is 12.8. The Morgan fingerprint density at radius 1 is 0.500 bits per heavy atom. The molecule has 2 unspecified atom stereocenters. The zero-order chi connectivity index (χ0) is 29.3. The van der Waals surface area contributed by atoms with Crippen LogP contribution < -0.4 is 0 Å². The standard InChI is InChI=1S/C34H30Cl2O6/c1-31(39-17-18-40-31)21-9-13-23(14-10-21)33(37)25-5-3-8-28(36)30(25)34(38,26-6-4-7-27(35)29(26)33)24-15-11-22(12-16-24)32(2)41-19-20-42-32/h3-16,37-38H,17-20H2,1-2H3. The number of fused-ring (bicyclic) bond motifs is 2. The molecule has 1 aliphatic carbocycles. The van der Waals surface area contributed by atoms with Gasteiger partial charge in [0.25, 0.3) is 0 Å². The molecule has 2 fully saturated rings. The SMILES string of the molecule is CC1(c2ccc(C3(O)c4cccc(Cl)c4C(O)(c4ccc(C5(C)OCCO5)cc4)c4cccc(Cl)c43)cc2)OCCO1. The molecule has 6 nitrogen and oxygen atoms in total. The molecule has 0 amide bonds. The van der Waals surface area contributed by atoms with Crippen LogP contribution in [0.3, 0.4) is 0 Å². The highest BCUT2D eigenvalue weighted by atomic mass is 35.5. The van der Waals surface area contributed by atoms with Crippen molar-refractivity contribution in [3.63, 3.8) is 0 Å². The summed E-state index contributed by atoms with van der Waals surface area (Å²) in [5, 5.41) is 26.3. The highest BCUT2D eigenvalue weighted by Gasteiger charge is 2.53. The van der Waals surface area contributed by atoms with Crippen molar-refractivity contribution < 1.29 is 29.2 Å². The molecule has 0 saturated carbocycles. The Kier molecular flexibility index (Phi) is 6.59. The molecule has 4 aromatic carbocycles. The number of hydrogen-bond donors (Lipinski definition) is 2. The fourth-order valence-electron chi connectivity index (χ4n) is 6.65. The third-order valence-corrected chi connectivity index (χ3v) is 9.49. The van der Waals surface area contributed by atoms with Crippen LogP contribution in [0.5, 0.6) is 0 Å². The number of benzene rings is 4. The van der Waals surface area contributed by atoms with Crippen LogP contribution in [-0.4, -0.2) is 36.6 Å². The van der Waals surface area contributed by atoms with Gasteiger partial charge in [0.05, 0.1) is 26.4 Å².